The van der Waals surface area contributed by atoms with Gasteiger partial charge in [-0.25, -0.2) is 8.42 Å². The number of anilines is 2. The molecular weight excluding hydrogens is 288 g/mol. The minimum absolute atomic E-state index is 0.0656. The van der Waals surface area contributed by atoms with Crippen LogP contribution in [-0.4, -0.2) is 25.3 Å². The third kappa shape index (κ3) is 3.19. The first kappa shape index (κ1) is 14.1. The third-order valence-electron chi connectivity index (χ3n) is 3.14. The van der Waals surface area contributed by atoms with E-state index < -0.39 is 21.0 Å². The van der Waals surface area contributed by atoms with E-state index in [0.29, 0.717) is 29.2 Å². The number of hydrogen-bond donors (Lipinski definition) is 2. The summed E-state index contributed by atoms with van der Waals surface area (Å²) in [5.74, 6) is -0.468. The average molecular weight is 303 g/mol. The molecule has 1 amide bonds. The first-order valence-corrected chi connectivity index (χ1v) is 8.07. The third-order valence-corrected chi connectivity index (χ3v) is 5.55. The van der Waals surface area contributed by atoms with Crippen molar-refractivity contribution in [3.63, 3.8) is 0 Å². The van der Waals surface area contributed by atoms with E-state index >= 15 is 0 Å². The highest BCUT2D eigenvalue weighted by Gasteiger charge is 2.34. The average Bonchev–Trinajstić information content (AvgIpc) is 2.33. The Morgan fingerprint density at radius 3 is 2.79 bits per heavy atom. The predicted octanol–water partition coefficient (Wildman–Crippen LogP) is 1.83. The van der Waals surface area contributed by atoms with Gasteiger partial charge in [0.2, 0.25) is 5.91 Å². The molecule has 1 unspecified atom stereocenters. The monoisotopic (exact) mass is 302 g/mol. The summed E-state index contributed by atoms with van der Waals surface area (Å²) >= 11 is 5.82. The maximum atomic E-state index is 12.1. The van der Waals surface area contributed by atoms with E-state index in [4.69, 9.17) is 17.3 Å². The Labute approximate surface area is 117 Å². The van der Waals surface area contributed by atoms with Gasteiger partial charge in [-0.05, 0) is 31.0 Å². The summed E-state index contributed by atoms with van der Waals surface area (Å²) in [5, 5.41) is 1.99. The molecule has 19 heavy (non-hydrogen) atoms. The SMILES string of the molecule is Nc1ccc(Cl)cc1NC(=O)C1CCCCS1(=O)=O. The Hall–Kier alpha value is -1.27. The summed E-state index contributed by atoms with van der Waals surface area (Å²) in [6.07, 6.45) is 1.71. The second kappa shape index (κ2) is 5.38. The summed E-state index contributed by atoms with van der Waals surface area (Å²) in [6.45, 7) is 0. The summed E-state index contributed by atoms with van der Waals surface area (Å²) in [6, 6.07) is 4.67. The lowest BCUT2D eigenvalue weighted by Crippen LogP contribution is -2.39. The van der Waals surface area contributed by atoms with Crippen molar-refractivity contribution in [2.75, 3.05) is 16.8 Å². The maximum absolute atomic E-state index is 12.1. The molecule has 7 heteroatoms. The van der Waals surface area contributed by atoms with Crippen LogP contribution in [-0.2, 0) is 14.6 Å². The van der Waals surface area contributed by atoms with Gasteiger partial charge in [0.25, 0.3) is 0 Å². The number of amides is 1. The quantitative estimate of drug-likeness (QED) is 0.816. The molecule has 104 valence electrons. The molecular formula is C12H15ClN2O3S. The van der Waals surface area contributed by atoms with Crippen LogP contribution in [0, 0.1) is 0 Å². The lowest BCUT2D eigenvalue weighted by atomic mass is 10.1. The molecule has 1 saturated heterocycles. The number of carbonyl (C=O) groups is 1. The van der Waals surface area contributed by atoms with Gasteiger partial charge in [-0.3, -0.25) is 4.79 Å². The van der Waals surface area contributed by atoms with Gasteiger partial charge in [0.15, 0.2) is 9.84 Å². The van der Waals surface area contributed by atoms with Crippen molar-refractivity contribution in [2.24, 2.45) is 0 Å². The van der Waals surface area contributed by atoms with Crippen LogP contribution in [0.5, 0.6) is 0 Å². The Kier molecular flexibility index (Phi) is 4.01. The number of benzene rings is 1. The summed E-state index contributed by atoms with van der Waals surface area (Å²) in [5.41, 5.74) is 6.41. The van der Waals surface area contributed by atoms with Crippen molar-refractivity contribution in [1.29, 1.82) is 0 Å². The topological polar surface area (TPSA) is 89.3 Å². The van der Waals surface area contributed by atoms with Crippen molar-refractivity contribution in [3.05, 3.63) is 23.2 Å². The summed E-state index contributed by atoms with van der Waals surface area (Å²) < 4.78 is 23.7. The van der Waals surface area contributed by atoms with Crippen LogP contribution in [0.3, 0.4) is 0 Å². The van der Waals surface area contributed by atoms with E-state index in [1.807, 2.05) is 0 Å². The van der Waals surface area contributed by atoms with Gasteiger partial charge in [0.05, 0.1) is 17.1 Å². The number of rotatable bonds is 2. The zero-order chi connectivity index (χ0) is 14.0. The minimum Gasteiger partial charge on any atom is -0.397 e. The van der Waals surface area contributed by atoms with E-state index in [-0.39, 0.29) is 5.75 Å². The van der Waals surface area contributed by atoms with Crippen LogP contribution >= 0.6 is 11.6 Å². The highest BCUT2D eigenvalue weighted by molar-refractivity contribution is 7.92. The molecule has 1 aromatic carbocycles. The van der Waals surface area contributed by atoms with Gasteiger partial charge in [0.1, 0.15) is 5.25 Å². The highest BCUT2D eigenvalue weighted by Crippen LogP contribution is 2.25. The molecule has 0 saturated carbocycles. The van der Waals surface area contributed by atoms with Gasteiger partial charge >= 0.3 is 0 Å². The van der Waals surface area contributed by atoms with Crippen molar-refractivity contribution < 1.29 is 13.2 Å². The highest BCUT2D eigenvalue weighted by atomic mass is 35.5. The van der Waals surface area contributed by atoms with Gasteiger partial charge in [-0.1, -0.05) is 18.0 Å². The van der Waals surface area contributed by atoms with Gasteiger partial charge in [-0.15, -0.1) is 0 Å². The lowest BCUT2D eigenvalue weighted by Gasteiger charge is -2.21. The first-order valence-electron chi connectivity index (χ1n) is 5.97. The van der Waals surface area contributed by atoms with Gasteiger partial charge in [0, 0.05) is 5.02 Å². The summed E-state index contributed by atoms with van der Waals surface area (Å²) in [7, 11) is -3.35. The Morgan fingerprint density at radius 2 is 2.11 bits per heavy atom. The minimum atomic E-state index is -3.35. The fourth-order valence-electron chi connectivity index (χ4n) is 2.10. The molecule has 0 aliphatic carbocycles. The van der Waals surface area contributed by atoms with Crippen LogP contribution in [0.4, 0.5) is 11.4 Å². The Balaban J connectivity index is 2.19. The second-order valence-corrected chi connectivity index (χ2v) is 7.31. The fourth-order valence-corrected chi connectivity index (χ4v) is 4.07. The fraction of sp³-hybridized carbons (Fsp3) is 0.417. The second-order valence-electron chi connectivity index (χ2n) is 4.57. The van der Waals surface area contributed by atoms with E-state index in [1.54, 1.807) is 12.1 Å². The Morgan fingerprint density at radius 1 is 1.37 bits per heavy atom. The van der Waals surface area contributed by atoms with Crippen molar-refractivity contribution in [1.82, 2.24) is 0 Å². The van der Waals surface area contributed by atoms with Crippen LogP contribution in [0.2, 0.25) is 5.02 Å². The number of nitrogens with one attached hydrogen (secondary N) is 1. The molecule has 0 aromatic heterocycles. The zero-order valence-electron chi connectivity index (χ0n) is 10.2. The molecule has 1 fully saturated rings. The number of nitrogen functional groups attached to an aromatic ring is 1. The van der Waals surface area contributed by atoms with Crippen molar-refractivity contribution >= 4 is 38.7 Å². The molecule has 0 radical (unpaired) electrons. The smallest absolute Gasteiger partial charge is 0.242 e. The van der Waals surface area contributed by atoms with Gasteiger partial charge in [-0.2, -0.15) is 0 Å². The number of hydrogen-bond acceptors (Lipinski definition) is 4. The van der Waals surface area contributed by atoms with Crippen molar-refractivity contribution in [3.8, 4) is 0 Å². The van der Waals surface area contributed by atoms with E-state index in [1.165, 1.54) is 6.07 Å². The molecule has 0 bridgehead atoms. The van der Waals surface area contributed by atoms with Crippen LogP contribution in [0.15, 0.2) is 18.2 Å². The number of carbonyl (C=O) groups excluding carboxylic acids is 1. The van der Waals surface area contributed by atoms with Crippen molar-refractivity contribution in [2.45, 2.75) is 24.5 Å². The molecule has 2 rings (SSSR count). The number of halogens is 1. The molecule has 3 N–H and O–H groups in total. The van der Waals surface area contributed by atoms with Crippen LogP contribution in [0.1, 0.15) is 19.3 Å². The number of sulfone groups is 1. The molecule has 0 spiro atoms. The van der Waals surface area contributed by atoms with E-state index in [0.717, 1.165) is 6.42 Å². The Bertz CT molecular complexity index is 601. The zero-order valence-corrected chi connectivity index (χ0v) is 11.8. The van der Waals surface area contributed by atoms with E-state index in [2.05, 4.69) is 5.32 Å². The standard InChI is InChI=1S/C12H15ClN2O3S/c13-8-4-5-9(14)10(7-8)15-12(16)11-3-1-2-6-19(11,17)18/h4-5,7,11H,1-3,6,14H2,(H,15,16). The molecule has 1 aliphatic heterocycles. The van der Waals surface area contributed by atoms with Gasteiger partial charge < -0.3 is 11.1 Å². The maximum Gasteiger partial charge on any atom is 0.242 e. The lowest BCUT2D eigenvalue weighted by molar-refractivity contribution is -0.116. The molecule has 1 aromatic rings. The summed E-state index contributed by atoms with van der Waals surface area (Å²) in [4.78, 5) is 12.1. The van der Waals surface area contributed by atoms with E-state index in [9.17, 15) is 13.2 Å². The predicted molar refractivity (Wildman–Crippen MR) is 75.9 cm³/mol. The van der Waals surface area contributed by atoms with Crippen LogP contribution in [0.25, 0.3) is 0 Å². The normalized spacial score (nSPS) is 21.8. The molecule has 1 aliphatic rings. The molecule has 1 atom stereocenters. The molecule has 5 nitrogen and oxygen atoms in total. The number of nitrogens with two attached hydrogens (primary N) is 1. The van der Waals surface area contributed by atoms with Crippen LogP contribution < -0.4 is 11.1 Å². The molecule has 1 heterocycles. The first-order chi connectivity index (χ1) is 8.90. The largest absolute Gasteiger partial charge is 0.397 e.